The molecule has 108 valence electrons. The third kappa shape index (κ3) is 5.07. The number of carboxylic acid groups (broad SMARTS) is 3. The Labute approximate surface area is 114 Å². The van der Waals surface area contributed by atoms with Crippen LogP contribution in [-0.2, 0) is 16.1 Å². The second-order valence-electron chi connectivity index (χ2n) is 4.21. The summed E-state index contributed by atoms with van der Waals surface area (Å²) < 4.78 is 0. The summed E-state index contributed by atoms with van der Waals surface area (Å²) in [6, 6.07) is 5.04. The molecule has 0 saturated carbocycles. The number of carbonyl (C=O) groups is 3. The van der Waals surface area contributed by atoms with Crippen molar-refractivity contribution in [3.8, 4) is 0 Å². The van der Waals surface area contributed by atoms with Gasteiger partial charge in [-0.1, -0.05) is 12.1 Å². The van der Waals surface area contributed by atoms with Crippen LogP contribution in [0.5, 0.6) is 0 Å². The largest absolute Gasteiger partial charge is 0.481 e. The summed E-state index contributed by atoms with van der Waals surface area (Å²) in [5.74, 6) is -3.20. The fourth-order valence-corrected chi connectivity index (χ4v) is 1.59. The van der Waals surface area contributed by atoms with Gasteiger partial charge < -0.3 is 20.6 Å². The zero-order chi connectivity index (χ0) is 15.1. The number of hydrogen-bond acceptors (Lipinski definition) is 4. The molecule has 20 heavy (non-hydrogen) atoms. The maximum atomic E-state index is 10.9. The summed E-state index contributed by atoms with van der Waals surface area (Å²) >= 11 is 0. The second kappa shape index (κ2) is 7.25. The Balaban J connectivity index is 2.56. The van der Waals surface area contributed by atoms with Crippen LogP contribution in [0.3, 0.4) is 0 Å². The van der Waals surface area contributed by atoms with E-state index in [-0.39, 0.29) is 24.9 Å². The zero-order valence-corrected chi connectivity index (χ0v) is 10.6. The number of benzene rings is 1. The van der Waals surface area contributed by atoms with Crippen LogP contribution >= 0.6 is 0 Å². The van der Waals surface area contributed by atoms with E-state index in [1.54, 1.807) is 12.1 Å². The summed E-state index contributed by atoms with van der Waals surface area (Å²) in [5.41, 5.74) is 0.867. The van der Waals surface area contributed by atoms with Gasteiger partial charge in [-0.2, -0.15) is 0 Å². The standard InChI is InChI=1S/C13H15NO6/c15-11(16)6-5-10(13(19)20)14-7-8-1-3-9(4-2-8)12(17)18/h1-4,10,14H,5-7H2,(H,15,16)(H,17,18)(H,19,20)/t10-/m0/s1. The molecule has 1 aromatic rings. The average Bonchev–Trinajstić information content (AvgIpc) is 2.38. The van der Waals surface area contributed by atoms with E-state index in [9.17, 15) is 14.4 Å². The van der Waals surface area contributed by atoms with Gasteiger partial charge in [-0.15, -0.1) is 0 Å². The molecular weight excluding hydrogens is 266 g/mol. The summed E-state index contributed by atoms with van der Waals surface area (Å²) in [6.07, 6.45) is -0.250. The van der Waals surface area contributed by atoms with Gasteiger partial charge in [0, 0.05) is 13.0 Å². The minimum Gasteiger partial charge on any atom is -0.481 e. The van der Waals surface area contributed by atoms with Crippen molar-refractivity contribution in [3.05, 3.63) is 35.4 Å². The lowest BCUT2D eigenvalue weighted by Gasteiger charge is -2.13. The zero-order valence-electron chi connectivity index (χ0n) is 10.6. The predicted octanol–water partition coefficient (Wildman–Crippen LogP) is 0.792. The van der Waals surface area contributed by atoms with Crippen molar-refractivity contribution in [2.45, 2.75) is 25.4 Å². The Bertz CT molecular complexity index is 496. The molecule has 0 aromatic heterocycles. The molecule has 1 aromatic carbocycles. The summed E-state index contributed by atoms with van der Waals surface area (Å²) in [4.78, 5) is 32.0. The van der Waals surface area contributed by atoms with Crippen LogP contribution in [0.2, 0.25) is 0 Å². The first kappa shape index (κ1) is 15.6. The highest BCUT2D eigenvalue weighted by Crippen LogP contribution is 2.06. The first-order valence-corrected chi connectivity index (χ1v) is 5.90. The van der Waals surface area contributed by atoms with Crippen molar-refractivity contribution >= 4 is 17.9 Å². The lowest BCUT2D eigenvalue weighted by molar-refractivity contribution is -0.140. The normalized spacial score (nSPS) is 11.8. The van der Waals surface area contributed by atoms with Gasteiger partial charge >= 0.3 is 17.9 Å². The molecule has 0 bridgehead atoms. The number of aliphatic carboxylic acids is 2. The summed E-state index contributed by atoms with van der Waals surface area (Å²) in [5, 5.41) is 29.0. The van der Waals surface area contributed by atoms with Crippen molar-refractivity contribution in [3.63, 3.8) is 0 Å². The molecule has 0 saturated heterocycles. The predicted molar refractivity (Wildman–Crippen MR) is 68.5 cm³/mol. The van der Waals surface area contributed by atoms with Gasteiger partial charge in [-0.25, -0.2) is 4.79 Å². The van der Waals surface area contributed by atoms with E-state index in [1.165, 1.54) is 12.1 Å². The topological polar surface area (TPSA) is 124 Å². The fourth-order valence-electron chi connectivity index (χ4n) is 1.59. The SMILES string of the molecule is O=C(O)CC[C@H](NCc1ccc(C(=O)O)cc1)C(=O)O. The Hall–Kier alpha value is -2.41. The molecule has 0 aliphatic heterocycles. The summed E-state index contributed by atoms with van der Waals surface area (Å²) in [7, 11) is 0. The van der Waals surface area contributed by atoms with Crippen LogP contribution in [0, 0.1) is 0 Å². The fraction of sp³-hybridized carbons (Fsp3) is 0.308. The van der Waals surface area contributed by atoms with Crippen LogP contribution in [0.15, 0.2) is 24.3 Å². The van der Waals surface area contributed by atoms with Crippen LogP contribution in [0.25, 0.3) is 0 Å². The number of nitrogens with one attached hydrogen (secondary N) is 1. The lowest BCUT2D eigenvalue weighted by atomic mass is 10.1. The highest BCUT2D eigenvalue weighted by atomic mass is 16.4. The monoisotopic (exact) mass is 281 g/mol. The molecule has 0 aliphatic carbocycles. The molecule has 0 unspecified atom stereocenters. The highest BCUT2D eigenvalue weighted by Gasteiger charge is 2.17. The maximum Gasteiger partial charge on any atom is 0.335 e. The van der Waals surface area contributed by atoms with Crippen LogP contribution in [0.4, 0.5) is 0 Å². The van der Waals surface area contributed by atoms with Crippen molar-refractivity contribution in [2.75, 3.05) is 0 Å². The molecular formula is C13H15NO6. The quantitative estimate of drug-likeness (QED) is 0.555. The van der Waals surface area contributed by atoms with E-state index in [0.29, 0.717) is 0 Å². The van der Waals surface area contributed by atoms with Crippen molar-refractivity contribution in [1.29, 1.82) is 0 Å². The Morgan fingerprint density at radius 2 is 1.65 bits per heavy atom. The molecule has 0 radical (unpaired) electrons. The Morgan fingerprint density at radius 3 is 2.10 bits per heavy atom. The Kier molecular flexibility index (Phi) is 5.67. The van der Waals surface area contributed by atoms with E-state index in [4.69, 9.17) is 15.3 Å². The molecule has 7 nitrogen and oxygen atoms in total. The van der Waals surface area contributed by atoms with E-state index < -0.39 is 23.9 Å². The van der Waals surface area contributed by atoms with Crippen molar-refractivity contribution in [1.82, 2.24) is 5.32 Å². The van der Waals surface area contributed by atoms with Crippen LogP contribution < -0.4 is 5.32 Å². The van der Waals surface area contributed by atoms with Gasteiger partial charge in [0.2, 0.25) is 0 Å². The minimum atomic E-state index is -1.12. The van der Waals surface area contributed by atoms with Gasteiger partial charge in [0.05, 0.1) is 5.56 Å². The third-order valence-electron chi connectivity index (χ3n) is 2.70. The van der Waals surface area contributed by atoms with E-state index in [0.717, 1.165) is 5.56 Å². The first-order chi connectivity index (χ1) is 9.40. The minimum absolute atomic E-state index is 0.0160. The Morgan fingerprint density at radius 1 is 1.05 bits per heavy atom. The van der Waals surface area contributed by atoms with Crippen LogP contribution in [0.1, 0.15) is 28.8 Å². The molecule has 0 spiro atoms. The molecule has 7 heteroatoms. The van der Waals surface area contributed by atoms with Gasteiger partial charge in [0.25, 0.3) is 0 Å². The first-order valence-electron chi connectivity index (χ1n) is 5.90. The van der Waals surface area contributed by atoms with Crippen molar-refractivity contribution in [2.24, 2.45) is 0 Å². The molecule has 1 atom stereocenters. The van der Waals surface area contributed by atoms with Gasteiger partial charge in [0.15, 0.2) is 0 Å². The smallest absolute Gasteiger partial charge is 0.335 e. The van der Waals surface area contributed by atoms with Gasteiger partial charge in [-0.3, -0.25) is 9.59 Å². The van der Waals surface area contributed by atoms with E-state index in [2.05, 4.69) is 5.32 Å². The number of hydrogen-bond donors (Lipinski definition) is 4. The third-order valence-corrected chi connectivity index (χ3v) is 2.70. The molecule has 0 fully saturated rings. The van der Waals surface area contributed by atoms with Gasteiger partial charge in [-0.05, 0) is 24.1 Å². The maximum absolute atomic E-state index is 10.9. The van der Waals surface area contributed by atoms with Crippen LogP contribution in [-0.4, -0.2) is 39.3 Å². The second-order valence-corrected chi connectivity index (χ2v) is 4.21. The van der Waals surface area contributed by atoms with Crippen molar-refractivity contribution < 1.29 is 29.7 Å². The molecule has 0 heterocycles. The number of carboxylic acids is 3. The molecule has 0 amide bonds. The molecule has 0 aliphatic rings. The highest BCUT2D eigenvalue weighted by molar-refractivity contribution is 5.87. The molecule has 1 rings (SSSR count). The average molecular weight is 281 g/mol. The van der Waals surface area contributed by atoms with E-state index in [1.807, 2.05) is 0 Å². The summed E-state index contributed by atoms with van der Waals surface area (Å²) in [6.45, 7) is 0.219. The number of aromatic carboxylic acids is 1. The number of rotatable bonds is 8. The van der Waals surface area contributed by atoms with Gasteiger partial charge in [0.1, 0.15) is 6.04 Å². The van der Waals surface area contributed by atoms with E-state index >= 15 is 0 Å². The molecule has 4 N–H and O–H groups in total. The lowest BCUT2D eigenvalue weighted by Crippen LogP contribution is -2.36.